The van der Waals surface area contributed by atoms with Gasteiger partial charge in [-0.25, -0.2) is 9.69 Å². The SMILES string of the molecule is COc1ccc(/C=C(\NC(=O)c2ccccc2Br)C(=O)OCN2C(=O)c3ccccc3C2=O)cc1. The quantitative estimate of drug-likeness (QED) is 0.279. The van der Waals surface area contributed by atoms with Gasteiger partial charge in [-0.3, -0.25) is 14.4 Å². The predicted molar refractivity (Wildman–Crippen MR) is 130 cm³/mol. The van der Waals surface area contributed by atoms with Crippen LogP contribution in [0.3, 0.4) is 0 Å². The number of halogens is 1. The Hall–Kier alpha value is -4.24. The molecule has 1 aliphatic rings. The molecule has 4 rings (SSSR count). The van der Waals surface area contributed by atoms with E-state index in [1.54, 1.807) is 60.7 Å². The molecule has 1 aliphatic heterocycles. The molecule has 3 amide bonds. The number of rotatable bonds is 7. The number of ether oxygens (including phenoxy) is 2. The zero-order chi connectivity index (χ0) is 24.9. The lowest BCUT2D eigenvalue weighted by Crippen LogP contribution is -2.35. The Kier molecular flexibility index (Phi) is 7.07. The van der Waals surface area contributed by atoms with Crippen LogP contribution >= 0.6 is 15.9 Å². The second-order valence-corrected chi connectivity index (χ2v) is 8.26. The van der Waals surface area contributed by atoms with E-state index in [1.165, 1.54) is 25.3 Å². The molecule has 3 aromatic rings. The molecule has 0 saturated carbocycles. The van der Waals surface area contributed by atoms with Gasteiger partial charge in [-0.15, -0.1) is 0 Å². The average molecular weight is 535 g/mol. The van der Waals surface area contributed by atoms with Crippen LogP contribution in [0, 0.1) is 0 Å². The molecule has 1 N–H and O–H groups in total. The molecule has 0 aromatic heterocycles. The first-order valence-corrected chi connectivity index (χ1v) is 11.2. The number of hydrogen-bond donors (Lipinski definition) is 1. The van der Waals surface area contributed by atoms with Gasteiger partial charge < -0.3 is 14.8 Å². The normalized spacial score (nSPS) is 12.9. The van der Waals surface area contributed by atoms with E-state index in [2.05, 4.69) is 21.2 Å². The molecule has 1 heterocycles. The highest BCUT2D eigenvalue weighted by Crippen LogP contribution is 2.23. The monoisotopic (exact) mass is 534 g/mol. The first kappa shape index (κ1) is 23.9. The second kappa shape index (κ2) is 10.4. The minimum Gasteiger partial charge on any atom is -0.497 e. The molecule has 8 nitrogen and oxygen atoms in total. The molecule has 35 heavy (non-hydrogen) atoms. The third-order valence-electron chi connectivity index (χ3n) is 5.22. The van der Waals surface area contributed by atoms with Crippen LogP contribution in [0.2, 0.25) is 0 Å². The van der Waals surface area contributed by atoms with Crippen molar-refractivity contribution in [2.75, 3.05) is 13.8 Å². The van der Waals surface area contributed by atoms with Crippen LogP contribution in [0.25, 0.3) is 6.08 Å². The van der Waals surface area contributed by atoms with Crippen LogP contribution < -0.4 is 10.1 Å². The molecule has 0 saturated heterocycles. The van der Waals surface area contributed by atoms with Crippen LogP contribution in [0.15, 0.2) is 83.0 Å². The lowest BCUT2D eigenvalue weighted by atomic mass is 10.1. The first-order valence-electron chi connectivity index (χ1n) is 10.4. The zero-order valence-corrected chi connectivity index (χ0v) is 20.1. The van der Waals surface area contributed by atoms with Crippen molar-refractivity contribution in [1.29, 1.82) is 0 Å². The number of nitrogens with zero attached hydrogens (tertiary/aromatic N) is 1. The summed E-state index contributed by atoms with van der Waals surface area (Å²) in [5.74, 6) is -1.96. The minimum absolute atomic E-state index is 0.174. The summed E-state index contributed by atoms with van der Waals surface area (Å²) in [6.45, 7) is -0.601. The lowest BCUT2D eigenvalue weighted by Gasteiger charge is -2.16. The number of amides is 3. The van der Waals surface area contributed by atoms with Crippen molar-refractivity contribution in [3.8, 4) is 5.75 Å². The molecule has 0 unspecified atom stereocenters. The molecule has 176 valence electrons. The van der Waals surface area contributed by atoms with Crippen molar-refractivity contribution in [1.82, 2.24) is 10.2 Å². The Labute approximate surface area is 209 Å². The van der Waals surface area contributed by atoms with Gasteiger partial charge in [0.25, 0.3) is 17.7 Å². The van der Waals surface area contributed by atoms with Crippen molar-refractivity contribution in [2.45, 2.75) is 0 Å². The molecular formula is C26H19BrN2O6. The van der Waals surface area contributed by atoms with Gasteiger partial charge >= 0.3 is 5.97 Å². The number of fused-ring (bicyclic) bond motifs is 1. The van der Waals surface area contributed by atoms with Crippen LogP contribution in [-0.2, 0) is 9.53 Å². The van der Waals surface area contributed by atoms with Crippen molar-refractivity contribution in [3.05, 3.63) is 105 Å². The van der Waals surface area contributed by atoms with Crippen LogP contribution in [0.1, 0.15) is 36.6 Å². The number of imide groups is 1. The number of carbonyl (C=O) groups excluding carboxylic acids is 4. The van der Waals surface area contributed by atoms with E-state index in [-0.39, 0.29) is 16.8 Å². The third kappa shape index (κ3) is 5.15. The summed E-state index contributed by atoms with van der Waals surface area (Å²) in [7, 11) is 1.53. The molecule has 0 fully saturated rings. The number of methoxy groups -OCH3 is 1. The highest BCUT2D eigenvalue weighted by molar-refractivity contribution is 9.10. The fourth-order valence-electron chi connectivity index (χ4n) is 3.41. The van der Waals surface area contributed by atoms with Gasteiger partial charge in [-0.05, 0) is 64.0 Å². The largest absolute Gasteiger partial charge is 0.497 e. The van der Waals surface area contributed by atoms with Crippen molar-refractivity contribution in [2.24, 2.45) is 0 Å². The highest BCUT2D eigenvalue weighted by Gasteiger charge is 2.36. The molecule has 0 bridgehead atoms. The maximum Gasteiger partial charge on any atom is 0.356 e. The van der Waals surface area contributed by atoms with Gasteiger partial charge in [0.2, 0.25) is 0 Å². The summed E-state index contributed by atoms with van der Waals surface area (Å²) in [4.78, 5) is 51.8. The maximum absolute atomic E-state index is 13.0. The topological polar surface area (TPSA) is 102 Å². The smallest absolute Gasteiger partial charge is 0.356 e. The van der Waals surface area contributed by atoms with Crippen LogP contribution in [-0.4, -0.2) is 42.4 Å². The fourth-order valence-corrected chi connectivity index (χ4v) is 3.87. The summed E-state index contributed by atoms with van der Waals surface area (Å²) in [5.41, 5.74) is 1.20. The molecule has 9 heteroatoms. The lowest BCUT2D eigenvalue weighted by molar-refractivity contribution is -0.141. The highest BCUT2D eigenvalue weighted by atomic mass is 79.9. The summed E-state index contributed by atoms with van der Waals surface area (Å²) in [6, 6.07) is 19.9. The first-order chi connectivity index (χ1) is 16.9. The molecule has 0 aliphatic carbocycles. The van der Waals surface area contributed by atoms with Crippen molar-refractivity contribution in [3.63, 3.8) is 0 Å². The number of carbonyl (C=O) groups is 4. The van der Waals surface area contributed by atoms with Gasteiger partial charge in [-0.1, -0.05) is 36.4 Å². The zero-order valence-electron chi connectivity index (χ0n) is 18.5. The predicted octanol–water partition coefficient (Wildman–Crippen LogP) is 4.03. The number of nitrogens with one attached hydrogen (secondary N) is 1. The third-order valence-corrected chi connectivity index (χ3v) is 5.91. The summed E-state index contributed by atoms with van der Waals surface area (Å²) in [6.07, 6.45) is 1.43. The fraction of sp³-hybridized carbons (Fsp3) is 0.0769. The maximum atomic E-state index is 13.0. The van der Waals surface area contributed by atoms with E-state index < -0.39 is 30.4 Å². The standard InChI is InChI=1S/C26H19BrN2O6/c1-34-17-12-10-16(11-13-17)14-22(28-23(30)20-8-4-5-9-21(20)27)26(33)35-15-29-24(31)18-6-2-3-7-19(18)25(29)32/h2-14H,15H2,1H3,(H,28,30)/b22-14-. The van der Waals surface area contributed by atoms with Crippen molar-refractivity contribution >= 4 is 45.7 Å². The molecule has 0 atom stereocenters. The van der Waals surface area contributed by atoms with Gasteiger partial charge in [-0.2, -0.15) is 0 Å². The Morgan fingerprint density at radius 2 is 1.51 bits per heavy atom. The summed E-state index contributed by atoms with van der Waals surface area (Å²) >= 11 is 3.32. The average Bonchev–Trinajstić information content (AvgIpc) is 3.12. The Morgan fingerprint density at radius 3 is 2.11 bits per heavy atom. The number of esters is 1. The minimum atomic E-state index is -0.919. The number of benzene rings is 3. The Morgan fingerprint density at radius 1 is 0.914 bits per heavy atom. The van der Waals surface area contributed by atoms with Gasteiger partial charge in [0.1, 0.15) is 11.4 Å². The summed E-state index contributed by atoms with van der Waals surface area (Å²) in [5, 5.41) is 2.56. The van der Waals surface area contributed by atoms with Crippen LogP contribution in [0.5, 0.6) is 5.75 Å². The van der Waals surface area contributed by atoms with E-state index in [9.17, 15) is 19.2 Å². The van der Waals surface area contributed by atoms with E-state index in [0.717, 1.165) is 4.90 Å². The summed E-state index contributed by atoms with van der Waals surface area (Å²) < 4.78 is 11.0. The van der Waals surface area contributed by atoms with E-state index in [4.69, 9.17) is 9.47 Å². The second-order valence-electron chi connectivity index (χ2n) is 7.41. The van der Waals surface area contributed by atoms with Crippen LogP contribution in [0.4, 0.5) is 0 Å². The van der Waals surface area contributed by atoms with Crippen molar-refractivity contribution < 1.29 is 28.7 Å². The number of hydrogen-bond acceptors (Lipinski definition) is 6. The molecule has 0 radical (unpaired) electrons. The van der Waals surface area contributed by atoms with Gasteiger partial charge in [0.05, 0.1) is 23.8 Å². The van der Waals surface area contributed by atoms with E-state index >= 15 is 0 Å². The Balaban J connectivity index is 1.55. The molecule has 3 aromatic carbocycles. The molecule has 0 spiro atoms. The van der Waals surface area contributed by atoms with Gasteiger partial charge in [0.15, 0.2) is 6.73 Å². The van der Waals surface area contributed by atoms with E-state index in [0.29, 0.717) is 21.3 Å². The molecular weight excluding hydrogens is 516 g/mol. The van der Waals surface area contributed by atoms with Gasteiger partial charge in [0, 0.05) is 4.47 Å². The van der Waals surface area contributed by atoms with E-state index in [1.807, 2.05) is 0 Å². The Bertz CT molecular complexity index is 1310.